The first-order valence-electron chi connectivity index (χ1n) is 9.17. The molecule has 4 rings (SSSR count). The molecule has 0 aliphatic rings. The fourth-order valence-corrected chi connectivity index (χ4v) is 3.26. The molecule has 0 saturated heterocycles. The van der Waals surface area contributed by atoms with Crippen LogP contribution in [0.25, 0.3) is 16.9 Å². The van der Waals surface area contributed by atoms with Crippen LogP contribution in [0.2, 0.25) is 0 Å². The van der Waals surface area contributed by atoms with Gasteiger partial charge in [0.1, 0.15) is 12.9 Å². The highest BCUT2D eigenvalue weighted by atomic mass is 16.2. The van der Waals surface area contributed by atoms with E-state index in [0.717, 1.165) is 22.4 Å². The average molecular weight is 388 g/mol. The van der Waals surface area contributed by atoms with Crippen LogP contribution in [0.3, 0.4) is 0 Å². The summed E-state index contributed by atoms with van der Waals surface area (Å²) < 4.78 is 2.77. The van der Waals surface area contributed by atoms with Crippen LogP contribution in [0.1, 0.15) is 16.7 Å². The molecule has 0 radical (unpaired) electrons. The van der Waals surface area contributed by atoms with Crippen LogP contribution in [0.5, 0.6) is 0 Å². The number of fused-ring (bicyclic) bond motifs is 1. The molecule has 0 atom stereocenters. The average Bonchev–Trinajstić information content (AvgIpc) is 3.10. The van der Waals surface area contributed by atoms with E-state index in [9.17, 15) is 9.59 Å². The van der Waals surface area contributed by atoms with Gasteiger partial charge in [0, 0.05) is 5.69 Å². The molecule has 29 heavy (non-hydrogen) atoms. The van der Waals surface area contributed by atoms with E-state index in [4.69, 9.17) is 0 Å². The summed E-state index contributed by atoms with van der Waals surface area (Å²) in [7, 11) is 0. The summed E-state index contributed by atoms with van der Waals surface area (Å²) in [6.45, 7) is 5.72. The summed E-state index contributed by atoms with van der Waals surface area (Å²) in [5, 5.41) is 10.9. The monoisotopic (exact) mass is 388 g/mol. The molecule has 0 aliphatic heterocycles. The second-order valence-corrected chi connectivity index (χ2v) is 7.06. The number of hydrogen-bond donors (Lipinski definition) is 1. The lowest BCUT2D eigenvalue weighted by Gasteiger charge is -2.09. The maximum atomic E-state index is 12.8. The van der Waals surface area contributed by atoms with Crippen molar-refractivity contribution in [1.29, 1.82) is 0 Å². The summed E-state index contributed by atoms with van der Waals surface area (Å²) in [5.74, 6) is -0.316. The molecule has 4 aromatic rings. The van der Waals surface area contributed by atoms with Gasteiger partial charge in [-0.15, -0.1) is 5.10 Å². The number of nitrogens with one attached hydrogen (secondary N) is 1. The number of carbonyl (C=O) groups is 1. The van der Waals surface area contributed by atoms with Crippen molar-refractivity contribution in [2.45, 2.75) is 27.3 Å². The van der Waals surface area contributed by atoms with Crippen LogP contribution in [-0.2, 0) is 11.3 Å². The van der Waals surface area contributed by atoms with Crippen molar-refractivity contribution in [2.24, 2.45) is 0 Å². The maximum Gasteiger partial charge on any atom is 0.284 e. The maximum absolute atomic E-state index is 12.8. The summed E-state index contributed by atoms with van der Waals surface area (Å²) in [4.78, 5) is 29.5. The number of nitrogens with zero attached hydrogens (tertiary/aromatic N) is 5. The van der Waals surface area contributed by atoms with Gasteiger partial charge in [-0.25, -0.2) is 4.98 Å². The number of hydrogen-bond acceptors (Lipinski definition) is 5. The Labute approximate surface area is 166 Å². The molecule has 2 heterocycles. The van der Waals surface area contributed by atoms with Gasteiger partial charge in [0.05, 0.1) is 5.69 Å². The molecule has 0 bridgehead atoms. The van der Waals surface area contributed by atoms with Gasteiger partial charge in [-0.3, -0.25) is 14.2 Å². The fraction of sp³-hybridized carbons (Fsp3) is 0.190. The first-order valence-corrected chi connectivity index (χ1v) is 9.17. The minimum absolute atomic E-state index is 0.121. The molecular formula is C21H20N6O2. The summed E-state index contributed by atoms with van der Waals surface area (Å²) in [5.41, 5.74) is 4.65. The normalized spacial score (nSPS) is 11.0. The van der Waals surface area contributed by atoms with E-state index in [-0.39, 0.29) is 18.0 Å². The largest absolute Gasteiger partial charge is 0.324 e. The number of para-hydroxylation sites is 1. The lowest BCUT2D eigenvalue weighted by molar-refractivity contribution is -0.116. The van der Waals surface area contributed by atoms with Crippen molar-refractivity contribution in [1.82, 2.24) is 24.5 Å². The second kappa shape index (κ2) is 7.31. The highest BCUT2D eigenvalue weighted by molar-refractivity contribution is 5.91. The molecule has 0 spiro atoms. The number of carbonyl (C=O) groups excluding carboxylic acids is 1. The Bertz CT molecular complexity index is 1270. The molecule has 1 amide bonds. The third kappa shape index (κ3) is 3.64. The molecule has 1 N–H and O–H groups in total. The van der Waals surface area contributed by atoms with Crippen molar-refractivity contribution in [2.75, 3.05) is 5.32 Å². The van der Waals surface area contributed by atoms with Crippen LogP contribution in [0, 0.1) is 20.8 Å². The van der Waals surface area contributed by atoms with Crippen LogP contribution in [-0.4, -0.2) is 30.5 Å². The molecule has 0 aliphatic carbocycles. The van der Waals surface area contributed by atoms with E-state index in [0.29, 0.717) is 11.3 Å². The van der Waals surface area contributed by atoms with Gasteiger partial charge in [-0.2, -0.15) is 4.68 Å². The van der Waals surface area contributed by atoms with E-state index < -0.39 is 5.56 Å². The number of amides is 1. The quantitative estimate of drug-likeness (QED) is 0.580. The Morgan fingerprint density at radius 3 is 2.52 bits per heavy atom. The van der Waals surface area contributed by atoms with E-state index in [1.54, 1.807) is 0 Å². The van der Waals surface area contributed by atoms with E-state index in [1.807, 2.05) is 57.2 Å². The van der Waals surface area contributed by atoms with Crippen LogP contribution in [0.4, 0.5) is 5.69 Å². The van der Waals surface area contributed by atoms with Gasteiger partial charge in [0.2, 0.25) is 5.91 Å². The number of rotatable bonds is 4. The Hall–Kier alpha value is -3.81. The second-order valence-electron chi connectivity index (χ2n) is 7.06. The zero-order valence-electron chi connectivity index (χ0n) is 16.4. The highest BCUT2D eigenvalue weighted by Crippen LogP contribution is 2.16. The van der Waals surface area contributed by atoms with Gasteiger partial charge in [0.15, 0.2) is 11.2 Å². The van der Waals surface area contributed by atoms with Crippen LogP contribution in [0.15, 0.2) is 53.6 Å². The van der Waals surface area contributed by atoms with Crippen molar-refractivity contribution in [3.8, 4) is 5.69 Å². The first-order chi connectivity index (χ1) is 13.9. The van der Waals surface area contributed by atoms with Crippen LogP contribution < -0.4 is 10.9 Å². The van der Waals surface area contributed by atoms with E-state index in [2.05, 4.69) is 26.7 Å². The highest BCUT2D eigenvalue weighted by Gasteiger charge is 2.15. The predicted molar refractivity (Wildman–Crippen MR) is 110 cm³/mol. The molecule has 0 unspecified atom stereocenters. The molecule has 0 fully saturated rings. The predicted octanol–water partition coefficient (Wildman–Crippen LogP) is 2.54. The lowest BCUT2D eigenvalue weighted by atomic mass is 10.1. The molecule has 2 aromatic carbocycles. The summed E-state index contributed by atoms with van der Waals surface area (Å²) in [6.07, 6.45) is 1.35. The number of benzene rings is 2. The van der Waals surface area contributed by atoms with E-state index in [1.165, 1.54) is 15.6 Å². The van der Waals surface area contributed by atoms with Gasteiger partial charge < -0.3 is 5.32 Å². The minimum Gasteiger partial charge on any atom is -0.324 e. The van der Waals surface area contributed by atoms with Crippen LogP contribution >= 0.6 is 0 Å². The Morgan fingerprint density at radius 2 is 1.79 bits per heavy atom. The smallest absolute Gasteiger partial charge is 0.284 e. The van der Waals surface area contributed by atoms with Crippen molar-refractivity contribution < 1.29 is 4.79 Å². The van der Waals surface area contributed by atoms with Crippen molar-refractivity contribution in [3.05, 3.63) is 75.8 Å². The fourth-order valence-electron chi connectivity index (χ4n) is 3.26. The first kappa shape index (κ1) is 18.5. The molecule has 2 aromatic heterocycles. The molecule has 8 heteroatoms. The van der Waals surface area contributed by atoms with Crippen molar-refractivity contribution >= 4 is 22.8 Å². The number of aryl methyl sites for hydroxylation is 3. The lowest BCUT2D eigenvalue weighted by Crippen LogP contribution is -2.28. The number of anilines is 1. The third-order valence-corrected chi connectivity index (χ3v) is 4.61. The topological polar surface area (TPSA) is 94.7 Å². The Balaban J connectivity index is 1.64. The molecule has 0 saturated carbocycles. The molecule has 146 valence electrons. The van der Waals surface area contributed by atoms with E-state index >= 15 is 0 Å². The van der Waals surface area contributed by atoms with Gasteiger partial charge in [-0.1, -0.05) is 29.5 Å². The van der Waals surface area contributed by atoms with Gasteiger partial charge in [0.25, 0.3) is 5.56 Å². The summed E-state index contributed by atoms with van der Waals surface area (Å²) in [6, 6.07) is 13.4. The third-order valence-electron chi connectivity index (χ3n) is 4.61. The Morgan fingerprint density at radius 1 is 1.07 bits per heavy atom. The SMILES string of the molecule is Cc1cc(C)cc(-n2nnc3c(=O)n(CC(=O)Nc4ccccc4C)cnc32)c1. The molecule has 8 nitrogen and oxygen atoms in total. The minimum atomic E-state index is -0.412. The van der Waals surface area contributed by atoms with Gasteiger partial charge in [-0.05, 0) is 55.7 Å². The zero-order chi connectivity index (χ0) is 20.5. The molecular weight excluding hydrogens is 368 g/mol. The standard InChI is InChI=1S/C21H20N6O2/c1-13-8-14(2)10-16(9-13)27-20-19(24-25-27)21(29)26(12-22-20)11-18(28)23-17-7-5-4-6-15(17)3/h4-10,12H,11H2,1-3H3,(H,23,28). The van der Waals surface area contributed by atoms with Gasteiger partial charge >= 0.3 is 0 Å². The Kier molecular flexibility index (Phi) is 4.67. The number of aromatic nitrogens is 5. The summed E-state index contributed by atoms with van der Waals surface area (Å²) >= 11 is 0. The van der Waals surface area contributed by atoms with Crippen molar-refractivity contribution in [3.63, 3.8) is 0 Å². The zero-order valence-corrected chi connectivity index (χ0v) is 16.4.